The second-order valence-corrected chi connectivity index (χ2v) is 6.07. The van der Waals surface area contributed by atoms with Crippen molar-refractivity contribution in [1.29, 1.82) is 0 Å². The molecule has 0 aromatic carbocycles. The topological polar surface area (TPSA) is 82.3 Å². The Balaban J connectivity index is 2.01. The standard InChI is InChI=1S/C16H15N3O3S/c1-19(2)13-6-5-10(9-17-13)16-18-11(8-14(20)21)15(22-16)12-4-3-7-23-12/h3-7,9H,8H2,1-2H3,(H,20,21)/p-1. The molecule has 0 spiro atoms. The third kappa shape index (κ3) is 3.24. The summed E-state index contributed by atoms with van der Waals surface area (Å²) in [6.45, 7) is 0. The van der Waals surface area contributed by atoms with Crippen molar-refractivity contribution in [3.63, 3.8) is 0 Å². The monoisotopic (exact) mass is 328 g/mol. The van der Waals surface area contributed by atoms with Gasteiger partial charge in [0, 0.05) is 32.7 Å². The molecule has 0 aliphatic heterocycles. The maximum atomic E-state index is 10.9. The SMILES string of the molecule is CN(C)c1ccc(-c2nc(CC(=O)[O-])c(-c3cccs3)o2)cn1. The number of hydrogen-bond donors (Lipinski definition) is 0. The molecular weight excluding hydrogens is 314 g/mol. The molecule has 3 aromatic rings. The van der Waals surface area contributed by atoms with Crippen LogP contribution in [0.5, 0.6) is 0 Å². The number of pyridine rings is 1. The fraction of sp³-hybridized carbons (Fsp3) is 0.188. The van der Waals surface area contributed by atoms with Gasteiger partial charge in [-0.25, -0.2) is 9.97 Å². The average molecular weight is 328 g/mol. The number of anilines is 1. The van der Waals surface area contributed by atoms with Gasteiger partial charge in [-0.2, -0.15) is 0 Å². The molecule has 0 saturated heterocycles. The highest BCUT2D eigenvalue weighted by Crippen LogP contribution is 2.32. The minimum atomic E-state index is -1.19. The Labute approximate surface area is 137 Å². The average Bonchev–Trinajstić information content (AvgIpc) is 3.16. The van der Waals surface area contributed by atoms with Crippen LogP contribution in [0.15, 0.2) is 40.3 Å². The lowest BCUT2D eigenvalue weighted by Gasteiger charge is -2.10. The third-order valence-electron chi connectivity index (χ3n) is 3.21. The van der Waals surface area contributed by atoms with E-state index in [4.69, 9.17) is 4.42 Å². The molecule has 3 rings (SSSR count). The fourth-order valence-electron chi connectivity index (χ4n) is 2.11. The van der Waals surface area contributed by atoms with E-state index in [1.807, 2.05) is 48.6 Å². The Kier molecular flexibility index (Phi) is 4.12. The van der Waals surface area contributed by atoms with Crippen molar-refractivity contribution < 1.29 is 14.3 Å². The molecule has 7 heteroatoms. The highest BCUT2D eigenvalue weighted by molar-refractivity contribution is 7.13. The van der Waals surface area contributed by atoms with Gasteiger partial charge in [-0.1, -0.05) is 6.07 Å². The number of nitrogens with zero attached hydrogens (tertiary/aromatic N) is 3. The summed E-state index contributed by atoms with van der Waals surface area (Å²) in [7, 11) is 3.81. The van der Waals surface area contributed by atoms with E-state index in [0.717, 1.165) is 10.7 Å². The highest BCUT2D eigenvalue weighted by atomic mass is 32.1. The van der Waals surface area contributed by atoms with Crippen molar-refractivity contribution in [3.8, 4) is 22.1 Å². The summed E-state index contributed by atoms with van der Waals surface area (Å²) in [4.78, 5) is 22.3. The highest BCUT2D eigenvalue weighted by Gasteiger charge is 2.17. The Morgan fingerprint density at radius 1 is 1.35 bits per heavy atom. The predicted octanol–water partition coefficient (Wildman–Crippen LogP) is 1.82. The number of carbonyl (C=O) groups is 1. The van der Waals surface area contributed by atoms with Gasteiger partial charge in [-0.15, -0.1) is 11.3 Å². The van der Waals surface area contributed by atoms with Crippen LogP contribution in [0.4, 0.5) is 5.82 Å². The molecule has 0 N–H and O–H groups in total. The van der Waals surface area contributed by atoms with Gasteiger partial charge in [0.15, 0.2) is 5.76 Å². The molecule has 3 aromatic heterocycles. The zero-order valence-corrected chi connectivity index (χ0v) is 13.5. The van der Waals surface area contributed by atoms with Gasteiger partial charge in [0.05, 0.1) is 16.1 Å². The van der Waals surface area contributed by atoms with E-state index < -0.39 is 5.97 Å². The van der Waals surface area contributed by atoms with Crippen LogP contribution >= 0.6 is 11.3 Å². The van der Waals surface area contributed by atoms with Crippen LogP contribution < -0.4 is 10.0 Å². The Hall–Kier alpha value is -2.67. The lowest BCUT2D eigenvalue weighted by Crippen LogP contribution is -2.24. The summed E-state index contributed by atoms with van der Waals surface area (Å²) in [6.07, 6.45) is 1.36. The summed E-state index contributed by atoms with van der Waals surface area (Å²) < 4.78 is 5.80. The summed E-state index contributed by atoms with van der Waals surface area (Å²) >= 11 is 1.46. The van der Waals surface area contributed by atoms with Gasteiger partial charge >= 0.3 is 0 Å². The molecule has 118 valence electrons. The molecule has 0 unspecified atom stereocenters. The van der Waals surface area contributed by atoms with Gasteiger partial charge in [-0.3, -0.25) is 0 Å². The Bertz CT molecular complexity index is 808. The molecule has 0 aliphatic rings. The van der Waals surface area contributed by atoms with E-state index in [0.29, 0.717) is 22.9 Å². The van der Waals surface area contributed by atoms with Gasteiger partial charge in [-0.05, 0) is 23.6 Å². The van der Waals surface area contributed by atoms with Crippen molar-refractivity contribution in [2.45, 2.75) is 6.42 Å². The quantitative estimate of drug-likeness (QED) is 0.710. The van der Waals surface area contributed by atoms with Crippen LogP contribution in [0.3, 0.4) is 0 Å². The zero-order chi connectivity index (χ0) is 16.4. The molecule has 0 saturated carbocycles. The number of rotatable bonds is 5. The number of aromatic nitrogens is 2. The Morgan fingerprint density at radius 3 is 2.74 bits per heavy atom. The molecule has 23 heavy (non-hydrogen) atoms. The van der Waals surface area contributed by atoms with Gasteiger partial charge in [0.1, 0.15) is 5.82 Å². The van der Waals surface area contributed by atoms with Crippen LogP contribution in [-0.4, -0.2) is 30.0 Å². The molecule has 6 nitrogen and oxygen atoms in total. The number of carboxylic acids is 1. The van der Waals surface area contributed by atoms with Crippen LogP contribution in [0.2, 0.25) is 0 Å². The fourth-order valence-corrected chi connectivity index (χ4v) is 2.84. The maximum Gasteiger partial charge on any atom is 0.228 e. The van der Waals surface area contributed by atoms with Crippen molar-refractivity contribution in [1.82, 2.24) is 9.97 Å². The molecule has 0 fully saturated rings. The van der Waals surface area contributed by atoms with Crippen LogP contribution in [0.1, 0.15) is 5.69 Å². The number of hydrogen-bond acceptors (Lipinski definition) is 7. The van der Waals surface area contributed by atoms with Crippen molar-refractivity contribution in [2.75, 3.05) is 19.0 Å². The van der Waals surface area contributed by atoms with Crippen LogP contribution in [0, 0.1) is 0 Å². The minimum Gasteiger partial charge on any atom is -0.550 e. The first-order valence-corrected chi connectivity index (χ1v) is 7.79. The van der Waals surface area contributed by atoms with E-state index in [2.05, 4.69) is 9.97 Å². The molecule has 3 heterocycles. The van der Waals surface area contributed by atoms with E-state index in [-0.39, 0.29) is 6.42 Å². The number of oxazole rings is 1. The molecule has 0 atom stereocenters. The zero-order valence-electron chi connectivity index (χ0n) is 12.6. The van der Waals surface area contributed by atoms with Gasteiger partial charge in [0.25, 0.3) is 0 Å². The second-order valence-electron chi connectivity index (χ2n) is 5.12. The first-order chi connectivity index (χ1) is 11.0. The van der Waals surface area contributed by atoms with Crippen LogP contribution in [-0.2, 0) is 11.2 Å². The lowest BCUT2D eigenvalue weighted by molar-refractivity contribution is -0.304. The normalized spacial score (nSPS) is 10.7. The predicted molar refractivity (Wildman–Crippen MR) is 86.1 cm³/mol. The smallest absolute Gasteiger partial charge is 0.228 e. The molecule has 0 radical (unpaired) electrons. The van der Waals surface area contributed by atoms with Gasteiger partial charge in [0.2, 0.25) is 5.89 Å². The summed E-state index contributed by atoms with van der Waals surface area (Å²) in [5, 5.41) is 12.8. The number of aliphatic carboxylic acids is 1. The summed E-state index contributed by atoms with van der Waals surface area (Å²) in [6, 6.07) is 7.43. The third-order valence-corrected chi connectivity index (χ3v) is 4.08. The lowest BCUT2D eigenvalue weighted by atomic mass is 10.2. The first kappa shape index (κ1) is 15.2. The first-order valence-electron chi connectivity index (χ1n) is 6.92. The molecular formula is C16H14N3O3S-. The van der Waals surface area contributed by atoms with E-state index in [1.54, 1.807) is 6.20 Å². The second kappa shape index (κ2) is 6.21. The largest absolute Gasteiger partial charge is 0.550 e. The van der Waals surface area contributed by atoms with E-state index in [1.165, 1.54) is 11.3 Å². The Morgan fingerprint density at radius 2 is 2.17 bits per heavy atom. The van der Waals surface area contributed by atoms with Gasteiger partial charge < -0.3 is 19.2 Å². The number of carboxylic acid groups (broad SMARTS) is 1. The molecule has 0 aliphatic carbocycles. The molecule has 0 amide bonds. The minimum absolute atomic E-state index is 0.292. The summed E-state index contributed by atoms with van der Waals surface area (Å²) in [5.74, 6) is 0.441. The van der Waals surface area contributed by atoms with Crippen molar-refractivity contribution >= 4 is 23.1 Å². The maximum absolute atomic E-state index is 10.9. The summed E-state index contributed by atoms with van der Waals surface area (Å²) in [5.41, 5.74) is 1.05. The van der Waals surface area contributed by atoms with Crippen molar-refractivity contribution in [3.05, 3.63) is 41.5 Å². The van der Waals surface area contributed by atoms with Crippen molar-refractivity contribution in [2.24, 2.45) is 0 Å². The number of thiophene rings is 1. The van der Waals surface area contributed by atoms with E-state index in [9.17, 15) is 9.90 Å². The molecule has 0 bridgehead atoms. The number of carbonyl (C=O) groups excluding carboxylic acids is 1. The van der Waals surface area contributed by atoms with E-state index >= 15 is 0 Å². The van der Waals surface area contributed by atoms with Crippen LogP contribution in [0.25, 0.3) is 22.1 Å².